The van der Waals surface area contributed by atoms with Gasteiger partial charge in [0.25, 0.3) is 0 Å². The van der Waals surface area contributed by atoms with Crippen molar-refractivity contribution in [3.05, 3.63) is 0 Å². The van der Waals surface area contributed by atoms with Gasteiger partial charge in [0, 0.05) is 13.6 Å². The van der Waals surface area contributed by atoms with Crippen LogP contribution in [0.25, 0.3) is 0 Å². The summed E-state index contributed by atoms with van der Waals surface area (Å²) in [4.78, 5) is 34.3. The summed E-state index contributed by atoms with van der Waals surface area (Å²) in [5.41, 5.74) is 0. The number of nitrogens with zero attached hydrogens (tertiary/aromatic N) is 2. The SMILES string of the molecule is CCN(C)C(=O)N(CC(=O)O)CC(=O)O. The molecule has 7 nitrogen and oxygen atoms in total. The van der Waals surface area contributed by atoms with E-state index in [2.05, 4.69) is 0 Å². The summed E-state index contributed by atoms with van der Waals surface area (Å²) >= 11 is 0. The molecule has 0 aromatic heterocycles. The Labute approximate surface area is 86.9 Å². The Balaban J connectivity index is 4.53. The topological polar surface area (TPSA) is 98.2 Å². The fourth-order valence-corrected chi connectivity index (χ4v) is 0.894. The van der Waals surface area contributed by atoms with Gasteiger partial charge in [0.1, 0.15) is 13.1 Å². The minimum atomic E-state index is -1.24. The van der Waals surface area contributed by atoms with E-state index in [-0.39, 0.29) is 0 Å². The zero-order chi connectivity index (χ0) is 12.0. The highest BCUT2D eigenvalue weighted by Gasteiger charge is 2.21. The first-order valence-electron chi connectivity index (χ1n) is 4.32. The molecule has 86 valence electrons. The Hall–Kier alpha value is -1.79. The molecule has 0 saturated heterocycles. The zero-order valence-electron chi connectivity index (χ0n) is 8.63. The van der Waals surface area contributed by atoms with E-state index >= 15 is 0 Å². The summed E-state index contributed by atoms with van der Waals surface area (Å²) in [5.74, 6) is -2.48. The second-order valence-corrected chi connectivity index (χ2v) is 2.94. The van der Waals surface area contributed by atoms with E-state index in [9.17, 15) is 14.4 Å². The Bertz CT molecular complexity index is 250. The van der Waals surface area contributed by atoms with Crippen LogP contribution < -0.4 is 0 Å². The molecule has 0 spiro atoms. The Kier molecular flexibility index (Phi) is 5.14. The smallest absolute Gasteiger partial charge is 0.323 e. The first kappa shape index (κ1) is 13.2. The molecule has 0 unspecified atom stereocenters. The van der Waals surface area contributed by atoms with Crippen LogP contribution in [-0.4, -0.2) is 64.7 Å². The molecule has 0 aromatic rings. The molecule has 0 heterocycles. The molecule has 0 radical (unpaired) electrons. The predicted molar refractivity (Wildman–Crippen MR) is 50.5 cm³/mol. The van der Waals surface area contributed by atoms with Gasteiger partial charge in [-0.2, -0.15) is 0 Å². The van der Waals surface area contributed by atoms with Crippen LogP contribution in [0.5, 0.6) is 0 Å². The minimum absolute atomic E-state index is 0.384. The van der Waals surface area contributed by atoms with Crippen LogP contribution in [0.15, 0.2) is 0 Å². The van der Waals surface area contributed by atoms with Crippen molar-refractivity contribution in [3.63, 3.8) is 0 Å². The van der Waals surface area contributed by atoms with Gasteiger partial charge in [-0.25, -0.2) is 4.79 Å². The highest BCUT2D eigenvalue weighted by molar-refractivity contribution is 5.83. The Morgan fingerprint density at radius 1 is 1.07 bits per heavy atom. The number of rotatable bonds is 5. The third-order valence-corrected chi connectivity index (χ3v) is 1.72. The molecule has 0 aliphatic carbocycles. The molecule has 0 bridgehead atoms. The lowest BCUT2D eigenvalue weighted by atomic mass is 10.4. The van der Waals surface area contributed by atoms with Crippen LogP contribution >= 0.6 is 0 Å². The predicted octanol–water partition coefficient (Wildman–Crippen LogP) is -0.471. The molecule has 7 heteroatoms. The molecule has 0 aromatic carbocycles. The van der Waals surface area contributed by atoms with E-state index in [1.54, 1.807) is 6.92 Å². The largest absolute Gasteiger partial charge is 0.480 e. The van der Waals surface area contributed by atoms with Gasteiger partial charge in [-0.15, -0.1) is 0 Å². The quantitative estimate of drug-likeness (QED) is 0.650. The zero-order valence-corrected chi connectivity index (χ0v) is 8.63. The van der Waals surface area contributed by atoms with Crippen molar-refractivity contribution in [2.45, 2.75) is 6.92 Å². The van der Waals surface area contributed by atoms with Gasteiger partial charge in [0.2, 0.25) is 0 Å². The van der Waals surface area contributed by atoms with Gasteiger partial charge in [0.05, 0.1) is 0 Å². The van der Waals surface area contributed by atoms with E-state index < -0.39 is 31.1 Å². The number of aliphatic carboxylic acids is 2. The number of urea groups is 1. The summed E-state index contributed by atoms with van der Waals surface area (Å²) in [6, 6.07) is -0.609. The number of amides is 2. The highest BCUT2D eigenvalue weighted by Crippen LogP contribution is 1.96. The molecular weight excluding hydrogens is 204 g/mol. The van der Waals surface area contributed by atoms with Gasteiger partial charge in [0.15, 0.2) is 0 Å². The second kappa shape index (κ2) is 5.84. The van der Waals surface area contributed by atoms with Crippen molar-refractivity contribution in [1.29, 1.82) is 0 Å². The lowest BCUT2D eigenvalue weighted by Crippen LogP contribution is -2.45. The molecule has 0 fully saturated rings. The Morgan fingerprint density at radius 2 is 1.47 bits per heavy atom. The summed E-state index contributed by atoms with van der Waals surface area (Å²) in [6.07, 6.45) is 0. The van der Waals surface area contributed by atoms with Crippen molar-refractivity contribution in [2.75, 3.05) is 26.7 Å². The highest BCUT2D eigenvalue weighted by atomic mass is 16.4. The van der Waals surface area contributed by atoms with Crippen LogP contribution in [0.4, 0.5) is 4.79 Å². The Morgan fingerprint density at radius 3 is 1.73 bits per heavy atom. The number of hydrogen-bond acceptors (Lipinski definition) is 3. The normalized spacial score (nSPS) is 9.47. The van der Waals surface area contributed by atoms with Gasteiger partial charge in [-0.3, -0.25) is 9.59 Å². The monoisotopic (exact) mass is 218 g/mol. The van der Waals surface area contributed by atoms with Gasteiger partial charge in [-0.05, 0) is 6.92 Å². The molecule has 2 amide bonds. The molecule has 0 rings (SSSR count). The van der Waals surface area contributed by atoms with Crippen LogP contribution in [0.3, 0.4) is 0 Å². The van der Waals surface area contributed by atoms with Gasteiger partial charge in [-0.1, -0.05) is 0 Å². The van der Waals surface area contributed by atoms with Crippen molar-refractivity contribution in [1.82, 2.24) is 9.80 Å². The fourth-order valence-electron chi connectivity index (χ4n) is 0.894. The minimum Gasteiger partial charge on any atom is -0.480 e. The van der Waals surface area contributed by atoms with Crippen LogP contribution in [0.2, 0.25) is 0 Å². The number of carboxylic acid groups (broad SMARTS) is 2. The molecular formula is C8H14N2O5. The van der Waals surface area contributed by atoms with Crippen LogP contribution in [-0.2, 0) is 9.59 Å². The average Bonchev–Trinajstić information content (AvgIpc) is 2.13. The molecule has 15 heavy (non-hydrogen) atoms. The van der Waals surface area contributed by atoms with Crippen molar-refractivity contribution in [2.24, 2.45) is 0 Å². The standard InChI is InChI=1S/C8H14N2O5/c1-3-9(2)8(15)10(4-6(11)12)5-7(13)14/h3-5H2,1-2H3,(H,11,12)(H,13,14). The molecule has 2 N–H and O–H groups in total. The average molecular weight is 218 g/mol. The molecule has 0 atom stereocenters. The first-order chi connectivity index (χ1) is 6.88. The van der Waals surface area contributed by atoms with Crippen LogP contribution in [0.1, 0.15) is 6.92 Å². The van der Waals surface area contributed by atoms with E-state index in [4.69, 9.17) is 10.2 Å². The van der Waals surface area contributed by atoms with Gasteiger partial charge < -0.3 is 20.0 Å². The van der Waals surface area contributed by atoms with Crippen LogP contribution in [0, 0.1) is 0 Å². The van der Waals surface area contributed by atoms with Crippen molar-refractivity contribution in [3.8, 4) is 0 Å². The van der Waals surface area contributed by atoms with E-state index in [1.807, 2.05) is 0 Å². The van der Waals surface area contributed by atoms with Crippen molar-refractivity contribution < 1.29 is 24.6 Å². The fraction of sp³-hybridized carbons (Fsp3) is 0.625. The van der Waals surface area contributed by atoms with Crippen molar-refractivity contribution >= 4 is 18.0 Å². The third-order valence-electron chi connectivity index (χ3n) is 1.72. The second-order valence-electron chi connectivity index (χ2n) is 2.94. The summed E-state index contributed by atoms with van der Waals surface area (Å²) in [5, 5.41) is 17.0. The molecule has 0 aliphatic rings. The maximum Gasteiger partial charge on any atom is 0.323 e. The lowest BCUT2D eigenvalue weighted by Gasteiger charge is -2.24. The number of carbonyl (C=O) groups is 3. The maximum absolute atomic E-state index is 11.5. The number of carboxylic acids is 2. The first-order valence-corrected chi connectivity index (χ1v) is 4.32. The molecule has 0 saturated carbocycles. The van der Waals surface area contributed by atoms with Gasteiger partial charge >= 0.3 is 18.0 Å². The third kappa shape index (κ3) is 4.84. The lowest BCUT2D eigenvalue weighted by molar-refractivity contribution is -0.140. The van der Waals surface area contributed by atoms with E-state index in [0.29, 0.717) is 6.54 Å². The summed E-state index contributed by atoms with van der Waals surface area (Å²) in [7, 11) is 1.47. The summed E-state index contributed by atoms with van der Waals surface area (Å²) in [6.45, 7) is 0.858. The van der Waals surface area contributed by atoms with E-state index in [1.165, 1.54) is 11.9 Å². The number of carbonyl (C=O) groups excluding carboxylic acids is 1. The van der Waals surface area contributed by atoms with E-state index in [0.717, 1.165) is 4.90 Å². The maximum atomic E-state index is 11.5. The summed E-state index contributed by atoms with van der Waals surface area (Å²) < 4.78 is 0. The number of hydrogen-bond donors (Lipinski definition) is 2. The molecule has 0 aliphatic heterocycles.